The quantitative estimate of drug-likeness (QED) is 0.310. The molecule has 6 heteroatoms. The van der Waals surface area contributed by atoms with Gasteiger partial charge in [0.05, 0.1) is 5.69 Å². The number of rotatable bonds is 4. The van der Waals surface area contributed by atoms with Crippen molar-refractivity contribution in [2.75, 3.05) is 0 Å². The van der Waals surface area contributed by atoms with Crippen LogP contribution in [0.3, 0.4) is 0 Å². The molecule has 0 aliphatic carbocycles. The van der Waals surface area contributed by atoms with Crippen molar-refractivity contribution < 1.29 is 9.90 Å². The highest BCUT2D eigenvalue weighted by atomic mass is 79.9. The topological polar surface area (TPSA) is 62.0 Å². The van der Waals surface area contributed by atoms with Gasteiger partial charge in [-0.05, 0) is 48.5 Å². The molecule has 0 heterocycles. The van der Waals surface area contributed by atoms with Crippen LogP contribution >= 0.6 is 31.9 Å². The van der Waals surface area contributed by atoms with Crippen molar-refractivity contribution in [1.29, 1.82) is 0 Å². The van der Waals surface area contributed by atoms with E-state index in [0.717, 1.165) is 8.95 Å². The van der Waals surface area contributed by atoms with E-state index in [1.807, 2.05) is 12.1 Å². The number of azo groups is 1. The maximum Gasteiger partial charge on any atom is 0.216 e. The molecule has 0 spiro atoms. The highest BCUT2D eigenvalue weighted by molar-refractivity contribution is 9.10. The molecule has 0 aliphatic heterocycles. The predicted octanol–water partition coefficient (Wildman–Crippen LogP) is 5.58. The van der Waals surface area contributed by atoms with Gasteiger partial charge in [-0.3, -0.25) is 4.79 Å². The first-order chi connectivity index (χ1) is 10.1. The first-order valence-electron chi connectivity index (χ1n) is 5.92. The Labute approximate surface area is 138 Å². The molecule has 0 saturated heterocycles. The van der Waals surface area contributed by atoms with Crippen molar-refractivity contribution in [2.24, 2.45) is 10.2 Å². The summed E-state index contributed by atoms with van der Waals surface area (Å²) in [6.45, 7) is 0. The molecule has 0 bridgehead atoms. The van der Waals surface area contributed by atoms with Crippen LogP contribution in [0, 0.1) is 0 Å². The van der Waals surface area contributed by atoms with Gasteiger partial charge in [-0.1, -0.05) is 31.9 Å². The van der Waals surface area contributed by atoms with Gasteiger partial charge in [0, 0.05) is 14.5 Å². The molecule has 0 aliphatic rings. The van der Waals surface area contributed by atoms with Crippen molar-refractivity contribution in [3.05, 3.63) is 75.0 Å². The van der Waals surface area contributed by atoms with E-state index in [2.05, 4.69) is 42.1 Å². The van der Waals surface area contributed by atoms with Gasteiger partial charge < -0.3 is 5.11 Å². The van der Waals surface area contributed by atoms with Gasteiger partial charge in [0.1, 0.15) is 6.26 Å². The van der Waals surface area contributed by atoms with Crippen molar-refractivity contribution >= 4 is 43.3 Å². The Morgan fingerprint density at radius 1 is 0.952 bits per heavy atom. The van der Waals surface area contributed by atoms with Gasteiger partial charge in [-0.25, -0.2) is 0 Å². The molecular formula is C15H10Br2N2O2. The second kappa shape index (κ2) is 7.28. The second-order valence-corrected chi connectivity index (χ2v) is 5.86. The zero-order chi connectivity index (χ0) is 15.2. The molecule has 2 aromatic carbocycles. The number of Topliss-reactive ketones (excluding diaryl/α,β-unsaturated/α-hetero) is 1. The molecule has 2 aromatic rings. The number of allylic oxidation sites excluding steroid dienone is 1. The molecule has 4 nitrogen and oxygen atoms in total. The Bertz CT molecular complexity index is 693. The number of aliphatic hydroxyl groups excluding tert-OH is 1. The fourth-order valence-electron chi connectivity index (χ4n) is 1.50. The number of nitrogens with zero attached hydrogens (tertiary/aromatic N) is 2. The van der Waals surface area contributed by atoms with Crippen LogP contribution in [0.15, 0.2) is 79.7 Å². The largest absolute Gasteiger partial charge is 0.513 e. The van der Waals surface area contributed by atoms with Gasteiger partial charge in [-0.2, -0.15) is 5.11 Å². The Balaban J connectivity index is 2.18. The standard InChI is InChI=1S/C15H10Br2N2O2/c16-11-3-1-10(2-4-11)15(21)14(9-20)19-18-13-7-5-12(17)6-8-13/h1-9,20H/b14-9+,19-18?. The minimum atomic E-state index is -0.397. The van der Waals surface area contributed by atoms with E-state index in [1.165, 1.54) is 0 Å². The average molecular weight is 410 g/mol. The first kappa shape index (κ1) is 15.6. The van der Waals surface area contributed by atoms with Crippen LogP contribution in [0.1, 0.15) is 10.4 Å². The van der Waals surface area contributed by atoms with Crippen molar-refractivity contribution in [2.45, 2.75) is 0 Å². The third-order valence-corrected chi connectivity index (χ3v) is 3.62. The third-order valence-electron chi connectivity index (χ3n) is 2.56. The Kier molecular flexibility index (Phi) is 5.41. The summed E-state index contributed by atoms with van der Waals surface area (Å²) in [6, 6.07) is 13.9. The highest BCUT2D eigenvalue weighted by Gasteiger charge is 2.12. The van der Waals surface area contributed by atoms with Gasteiger partial charge in [-0.15, -0.1) is 5.11 Å². The summed E-state index contributed by atoms with van der Waals surface area (Å²) < 4.78 is 1.79. The summed E-state index contributed by atoms with van der Waals surface area (Å²) in [5.74, 6) is -0.397. The van der Waals surface area contributed by atoms with E-state index in [0.29, 0.717) is 17.5 Å². The molecule has 106 valence electrons. The number of halogens is 2. The van der Waals surface area contributed by atoms with Crippen LogP contribution < -0.4 is 0 Å². The van der Waals surface area contributed by atoms with Crippen LogP contribution in [-0.2, 0) is 0 Å². The zero-order valence-electron chi connectivity index (χ0n) is 10.7. The summed E-state index contributed by atoms with van der Waals surface area (Å²) in [6.07, 6.45) is 0.659. The van der Waals surface area contributed by atoms with Crippen LogP contribution in [-0.4, -0.2) is 10.9 Å². The molecule has 0 amide bonds. The maximum atomic E-state index is 12.2. The molecule has 0 aromatic heterocycles. The molecule has 0 radical (unpaired) electrons. The molecule has 2 rings (SSSR count). The maximum absolute atomic E-state index is 12.2. The Hall–Kier alpha value is -1.79. The number of hydrogen-bond acceptors (Lipinski definition) is 4. The highest BCUT2D eigenvalue weighted by Crippen LogP contribution is 2.19. The van der Waals surface area contributed by atoms with E-state index in [1.54, 1.807) is 36.4 Å². The summed E-state index contributed by atoms with van der Waals surface area (Å²) in [5, 5.41) is 16.9. The predicted molar refractivity (Wildman–Crippen MR) is 87.8 cm³/mol. The Morgan fingerprint density at radius 2 is 1.48 bits per heavy atom. The van der Waals surface area contributed by atoms with E-state index in [-0.39, 0.29) is 5.70 Å². The van der Waals surface area contributed by atoms with Crippen molar-refractivity contribution in [1.82, 2.24) is 0 Å². The lowest BCUT2D eigenvalue weighted by Gasteiger charge is -2.00. The van der Waals surface area contributed by atoms with Gasteiger partial charge >= 0.3 is 0 Å². The number of carbonyl (C=O) groups excluding carboxylic acids is 1. The number of hydrogen-bond donors (Lipinski definition) is 1. The Morgan fingerprint density at radius 3 is 2.00 bits per heavy atom. The van der Waals surface area contributed by atoms with Crippen molar-refractivity contribution in [3.63, 3.8) is 0 Å². The molecule has 0 fully saturated rings. The lowest BCUT2D eigenvalue weighted by Crippen LogP contribution is -2.01. The number of aliphatic hydroxyl groups is 1. The summed E-state index contributed by atoms with van der Waals surface area (Å²) in [4.78, 5) is 12.2. The summed E-state index contributed by atoms with van der Waals surface area (Å²) in [5.41, 5.74) is 0.884. The summed E-state index contributed by atoms with van der Waals surface area (Å²) >= 11 is 6.61. The zero-order valence-corrected chi connectivity index (χ0v) is 13.9. The van der Waals surface area contributed by atoms with Crippen LogP contribution in [0.2, 0.25) is 0 Å². The molecule has 21 heavy (non-hydrogen) atoms. The van der Waals surface area contributed by atoms with E-state index >= 15 is 0 Å². The van der Waals surface area contributed by atoms with E-state index < -0.39 is 5.78 Å². The number of benzene rings is 2. The van der Waals surface area contributed by atoms with E-state index in [4.69, 9.17) is 0 Å². The second-order valence-electron chi connectivity index (χ2n) is 4.03. The number of carbonyl (C=O) groups is 1. The fraction of sp³-hybridized carbons (Fsp3) is 0. The average Bonchev–Trinajstić information content (AvgIpc) is 2.50. The SMILES string of the molecule is O=C(/C(=C\O)N=Nc1ccc(Br)cc1)c1ccc(Br)cc1. The van der Waals surface area contributed by atoms with Crippen LogP contribution in [0.5, 0.6) is 0 Å². The normalized spacial score (nSPS) is 11.8. The van der Waals surface area contributed by atoms with Gasteiger partial charge in [0.25, 0.3) is 0 Å². The lowest BCUT2D eigenvalue weighted by molar-refractivity contribution is 0.102. The van der Waals surface area contributed by atoms with Crippen molar-refractivity contribution in [3.8, 4) is 0 Å². The van der Waals surface area contributed by atoms with Crippen LogP contribution in [0.25, 0.3) is 0 Å². The molecule has 0 atom stereocenters. The third kappa shape index (κ3) is 4.34. The van der Waals surface area contributed by atoms with E-state index in [9.17, 15) is 9.90 Å². The molecule has 0 unspecified atom stereocenters. The molecular weight excluding hydrogens is 400 g/mol. The monoisotopic (exact) mass is 408 g/mol. The van der Waals surface area contributed by atoms with Crippen LogP contribution in [0.4, 0.5) is 5.69 Å². The summed E-state index contributed by atoms with van der Waals surface area (Å²) in [7, 11) is 0. The smallest absolute Gasteiger partial charge is 0.216 e. The minimum absolute atomic E-state index is 0.125. The molecule has 0 saturated carbocycles. The fourth-order valence-corrected chi connectivity index (χ4v) is 2.03. The van der Waals surface area contributed by atoms with Gasteiger partial charge in [0.15, 0.2) is 5.70 Å². The minimum Gasteiger partial charge on any atom is -0.513 e. The lowest BCUT2D eigenvalue weighted by atomic mass is 10.1. The number of ketones is 1. The van der Waals surface area contributed by atoms with Gasteiger partial charge in [0.2, 0.25) is 5.78 Å². The first-order valence-corrected chi connectivity index (χ1v) is 7.50. The molecule has 1 N–H and O–H groups in total.